The van der Waals surface area contributed by atoms with Crippen molar-refractivity contribution in [3.63, 3.8) is 0 Å². The molecule has 5 N–H and O–H groups in total. The average molecular weight is 671 g/mol. The molecule has 2 saturated heterocycles. The van der Waals surface area contributed by atoms with Gasteiger partial charge in [-0.2, -0.15) is 0 Å². The van der Waals surface area contributed by atoms with Crippen molar-refractivity contribution in [2.24, 2.45) is 13.0 Å². The van der Waals surface area contributed by atoms with Gasteiger partial charge in [-0.15, -0.1) is 0 Å². The predicted octanol–water partition coefficient (Wildman–Crippen LogP) is 3.37. The third kappa shape index (κ3) is 5.03. The van der Waals surface area contributed by atoms with Gasteiger partial charge in [0.1, 0.15) is 23.4 Å². The van der Waals surface area contributed by atoms with Gasteiger partial charge in [-0.1, -0.05) is 0 Å². The highest BCUT2D eigenvalue weighted by atomic mass is 31.2. The molecule has 1 aromatic carbocycles. The maximum absolute atomic E-state index is 15.8. The topological polar surface area (TPSA) is 183 Å². The zero-order valence-corrected chi connectivity index (χ0v) is 26.4. The number of likely N-dealkylation sites (tertiary alicyclic amines) is 1. The Labute approximate surface area is 265 Å². The van der Waals surface area contributed by atoms with E-state index < -0.39 is 36.4 Å². The Morgan fingerprint density at radius 3 is 2.68 bits per heavy atom. The first-order chi connectivity index (χ1) is 22.2. The Bertz CT molecular complexity index is 2250. The number of aromatic amines is 1. The second kappa shape index (κ2) is 10.8. The molecule has 7 rings (SSSR count). The molecule has 246 valence electrons. The normalized spacial score (nSPS) is 21.3. The number of H-pyrrole nitrogens is 1. The van der Waals surface area contributed by atoms with Crippen LogP contribution in [0.15, 0.2) is 35.5 Å². The standard InChI is InChI=1S/C30H30F2N7O7P/c1-33-20-7-19(31)24(32)22-23-26(38-5-4-14-11-39(3,12-21(14)38)13-46-47(43,44)45)17(9-34-28(23)36-25(20)22)15-6-16-27(40)18(30(41)42)10-37(2)29(16)35-8-15/h6-10,14,21,33H,4-5,11-13H2,1-3H3,(H3-,34,36,41,42,43,44,45)/p+1/t14-,21+,39?/m1/s1. The van der Waals surface area contributed by atoms with Crippen molar-refractivity contribution in [2.45, 2.75) is 12.5 Å². The maximum atomic E-state index is 15.8. The van der Waals surface area contributed by atoms with E-state index in [1.807, 2.05) is 7.05 Å². The molecule has 0 radical (unpaired) electrons. The van der Waals surface area contributed by atoms with Crippen molar-refractivity contribution in [1.82, 2.24) is 19.5 Å². The summed E-state index contributed by atoms with van der Waals surface area (Å²) < 4.78 is 49.0. The summed E-state index contributed by atoms with van der Waals surface area (Å²) in [6.45, 7) is 1.31. The first-order valence-corrected chi connectivity index (χ1v) is 16.3. The van der Waals surface area contributed by atoms with E-state index in [9.17, 15) is 29.0 Å². The summed E-state index contributed by atoms with van der Waals surface area (Å²) in [6, 6.07) is 2.41. The number of aromatic nitrogens is 4. The van der Waals surface area contributed by atoms with Crippen molar-refractivity contribution in [3.05, 3.63) is 58.1 Å². The van der Waals surface area contributed by atoms with E-state index in [2.05, 4.69) is 25.2 Å². The molecule has 17 heteroatoms. The Balaban J connectivity index is 1.49. The van der Waals surface area contributed by atoms with Gasteiger partial charge in [-0.25, -0.2) is 32.6 Å². The molecule has 4 aromatic heterocycles. The third-order valence-electron chi connectivity index (χ3n) is 9.40. The molecular formula is C30H31F2N7O7P+. The second-order valence-corrected chi connectivity index (χ2v) is 13.8. The van der Waals surface area contributed by atoms with E-state index in [1.54, 1.807) is 20.3 Å². The van der Waals surface area contributed by atoms with Crippen LogP contribution in [0.1, 0.15) is 16.8 Å². The molecule has 0 saturated carbocycles. The quantitative estimate of drug-likeness (QED) is 0.126. The zero-order valence-electron chi connectivity index (χ0n) is 25.5. The van der Waals surface area contributed by atoms with Gasteiger partial charge in [0.15, 0.2) is 18.4 Å². The number of carboxylic acids is 1. The number of hydrogen-bond acceptors (Lipinski definition) is 8. The number of carbonyl (C=O) groups is 1. The number of aryl methyl sites for hydroxylation is 1. The lowest BCUT2D eigenvalue weighted by atomic mass is 9.99. The lowest BCUT2D eigenvalue weighted by molar-refractivity contribution is -0.915. The monoisotopic (exact) mass is 670 g/mol. The van der Waals surface area contributed by atoms with E-state index in [4.69, 9.17) is 4.52 Å². The first-order valence-electron chi connectivity index (χ1n) is 14.7. The summed E-state index contributed by atoms with van der Waals surface area (Å²) in [7, 11) is 0.301. The maximum Gasteiger partial charge on any atom is 0.474 e. The Morgan fingerprint density at radius 2 is 1.98 bits per heavy atom. The highest BCUT2D eigenvalue weighted by molar-refractivity contribution is 7.46. The minimum atomic E-state index is -4.72. The highest BCUT2D eigenvalue weighted by Crippen LogP contribution is 2.48. The van der Waals surface area contributed by atoms with Gasteiger partial charge >= 0.3 is 13.8 Å². The van der Waals surface area contributed by atoms with Gasteiger partial charge < -0.3 is 39.1 Å². The number of aromatic carboxylic acids is 1. The molecular weight excluding hydrogens is 639 g/mol. The molecule has 2 aliphatic heterocycles. The molecule has 2 aliphatic rings. The number of hydrogen-bond donors (Lipinski definition) is 5. The van der Waals surface area contributed by atoms with Crippen molar-refractivity contribution in [3.8, 4) is 11.1 Å². The van der Waals surface area contributed by atoms with Gasteiger partial charge in [-0.05, 0) is 12.5 Å². The molecule has 6 heterocycles. The summed E-state index contributed by atoms with van der Waals surface area (Å²) in [5.74, 6) is -3.43. The number of likely N-dealkylation sites (N-methyl/N-ethyl adjacent to an activating group) is 1. The number of phosphoric ester groups is 1. The number of rotatable bonds is 7. The highest BCUT2D eigenvalue weighted by Gasteiger charge is 2.50. The molecule has 3 atom stereocenters. The van der Waals surface area contributed by atoms with Crippen molar-refractivity contribution in [2.75, 3.05) is 50.7 Å². The number of anilines is 2. The summed E-state index contributed by atoms with van der Waals surface area (Å²) in [4.78, 5) is 58.1. The summed E-state index contributed by atoms with van der Waals surface area (Å²) >= 11 is 0. The Morgan fingerprint density at radius 1 is 1.21 bits per heavy atom. The van der Waals surface area contributed by atoms with E-state index in [0.29, 0.717) is 65.1 Å². The van der Waals surface area contributed by atoms with Crippen molar-refractivity contribution in [1.29, 1.82) is 0 Å². The molecule has 14 nitrogen and oxygen atoms in total. The second-order valence-electron chi connectivity index (χ2n) is 12.5. The number of benzene rings is 1. The van der Waals surface area contributed by atoms with Gasteiger partial charge in [0, 0.05) is 62.3 Å². The number of quaternary nitrogens is 1. The van der Waals surface area contributed by atoms with Crippen LogP contribution in [0, 0.1) is 17.6 Å². The van der Waals surface area contributed by atoms with Crippen LogP contribution in [0.3, 0.4) is 0 Å². The molecule has 5 aromatic rings. The predicted molar refractivity (Wildman–Crippen MR) is 169 cm³/mol. The van der Waals surface area contributed by atoms with Crippen LogP contribution in [-0.4, -0.2) is 91.4 Å². The number of phosphoric acid groups is 1. The van der Waals surface area contributed by atoms with E-state index in [0.717, 1.165) is 6.07 Å². The first kappa shape index (κ1) is 31.1. The fraction of sp³-hybridized carbons (Fsp3) is 0.333. The summed E-state index contributed by atoms with van der Waals surface area (Å²) in [5.41, 5.74) is 1.41. The molecule has 0 bridgehead atoms. The fourth-order valence-corrected chi connectivity index (χ4v) is 7.81. The van der Waals surface area contributed by atoms with Crippen molar-refractivity contribution < 1.29 is 42.0 Å². The van der Waals surface area contributed by atoms with Crippen molar-refractivity contribution >= 4 is 58.1 Å². The fourth-order valence-electron chi connectivity index (χ4n) is 7.38. The molecule has 47 heavy (non-hydrogen) atoms. The van der Waals surface area contributed by atoms with Gasteiger partial charge in [0.05, 0.1) is 52.7 Å². The average Bonchev–Trinajstić information content (AvgIpc) is 3.69. The van der Waals surface area contributed by atoms with E-state index in [1.165, 1.54) is 23.0 Å². The van der Waals surface area contributed by atoms with Crippen LogP contribution >= 0.6 is 7.82 Å². The molecule has 1 unspecified atom stereocenters. The van der Waals surface area contributed by atoms with Crippen LogP contribution in [0.25, 0.3) is 44.1 Å². The number of fused-ring (bicyclic) bond motifs is 5. The summed E-state index contributed by atoms with van der Waals surface area (Å²) in [6.07, 6.45) is 4.99. The lowest BCUT2D eigenvalue weighted by Crippen LogP contribution is -2.46. The third-order valence-corrected chi connectivity index (χ3v) is 9.85. The molecule has 0 aliphatic carbocycles. The number of nitrogens with zero attached hydrogens (tertiary/aromatic N) is 5. The van der Waals surface area contributed by atoms with Crippen LogP contribution in [0.2, 0.25) is 0 Å². The van der Waals surface area contributed by atoms with Crippen LogP contribution in [0.4, 0.5) is 20.2 Å². The summed E-state index contributed by atoms with van der Waals surface area (Å²) in [5, 5.41) is 12.9. The number of halogens is 2. The SMILES string of the molecule is CNc1cc(F)c(F)c2c1[nH]c1ncc(-c3cnc4c(c3)c(=O)c(C(=O)O)cn4C)c(N3CC[C@@H]4C[N+](C)(COP(=O)(O)O)C[C@@H]43)c12. The Hall–Kier alpha value is -4.47. The minimum absolute atomic E-state index is 0.0185. The minimum Gasteiger partial charge on any atom is -0.477 e. The Kier molecular flexibility index (Phi) is 7.15. The molecule has 2 fully saturated rings. The van der Waals surface area contributed by atoms with Crippen LogP contribution in [-0.2, 0) is 16.1 Å². The zero-order chi connectivity index (χ0) is 33.6. The number of pyridine rings is 3. The molecule has 0 spiro atoms. The van der Waals surface area contributed by atoms with E-state index in [-0.39, 0.29) is 39.6 Å². The number of nitrogens with one attached hydrogen (secondary N) is 2. The molecule has 0 amide bonds. The van der Waals surface area contributed by atoms with Gasteiger partial charge in [-0.3, -0.25) is 4.79 Å². The lowest BCUT2D eigenvalue weighted by Gasteiger charge is -2.33. The smallest absolute Gasteiger partial charge is 0.474 e. The largest absolute Gasteiger partial charge is 0.477 e. The van der Waals surface area contributed by atoms with Crippen LogP contribution in [0.5, 0.6) is 0 Å². The van der Waals surface area contributed by atoms with Crippen LogP contribution < -0.4 is 15.6 Å². The van der Waals surface area contributed by atoms with E-state index >= 15 is 8.78 Å². The van der Waals surface area contributed by atoms with Gasteiger partial charge in [0.25, 0.3) is 0 Å². The van der Waals surface area contributed by atoms with Gasteiger partial charge in [0.2, 0.25) is 5.43 Å². The number of carboxylic acid groups (broad SMARTS) is 1.